The smallest absolute Gasteiger partial charge is 0.340 e. The Hall–Kier alpha value is -3.21. The Balaban J connectivity index is 1.67. The number of hydrogen-bond donors (Lipinski definition) is 1. The summed E-state index contributed by atoms with van der Waals surface area (Å²) < 4.78 is 5.70. The Morgan fingerprint density at radius 3 is 2.52 bits per heavy atom. The van der Waals surface area contributed by atoms with E-state index in [-0.39, 0.29) is 11.9 Å². The molecule has 2 aromatic carbocycles. The van der Waals surface area contributed by atoms with E-state index in [0.717, 1.165) is 24.1 Å². The number of para-hydroxylation sites is 1. The summed E-state index contributed by atoms with van der Waals surface area (Å²) in [6.07, 6.45) is 0.955. The number of fused-ring (bicyclic) bond motifs is 1. The SMILES string of the molecule is Cc1cc(C(=O)OC(C(=O)NC2CC2)c2ccccc2)c2ccccc2n1. The van der Waals surface area contributed by atoms with Crippen molar-refractivity contribution in [2.24, 2.45) is 0 Å². The monoisotopic (exact) mass is 360 g/mol. The van der Waals surface area contributed by atoms with Crippen LogP contribution in [-0.4, -0.2) is 22.9 Å². The summed E-state index contributed by atoms with van der Waals surface area (Å²) >= 11 is 0. The van der Waals surface area contributed by atoms with Crippen LogP contribution in [0, 0.1) is 6.92 Å². The number of carbonyl (C=O) groups is 2. The maximum Gasteiger partial charge on any atom is 0.340 e. The van der Waals surface area contributed by atoms with E-state index < -0.39 is 12.1 Å². The fourth-order valence-electron chi connectivity index (χ4n) is 3.05. The van der Waals surface area contributed by atoms with Crippen molar-refractivity contribution in [2.45, 2.75) is 31.9 Å². The molecule has 1 aliphatic carbocycles. The van der Waals surface area contributed by atoms with Gasteiger partial charge in [-0.2, -0.15) is 0 Å². The van der Waals surface area contributed by atoms with Crippen molar-refractivity contribution in [1.29, 1.82) is 0 Å². The molecule has 0 radical (unpaired) electrons. The van der Waals surface area contributed by atoms with Gasteiger partial charge in [-0.3, -0.25) is 9.78 Å². The maximum atomic E-state index is 13.0. The van der Waals surface area contributed by atoms with E-state index in [4.69, 9.17) is 4.74 Å². The van der Waals surface area contributed by atoms with E-state index in [9.17, 15) is 9.59 Å². The number of benzene rings is 2. The molecule has 0 bridgehead atoms. The van der Waals surface area contributed by atoms with Crippen LogP contribution in [0.1, 0.15) is 40.6 Å². The van der Waals surface area contributed by atoms with Gasteiger partial charge < -0.3 is 10.1 Å². The van der Waals surface area contributed by atoms with Gasteiger partial charge in [0.15, 0.2) is 0 Å². The van der Waals surface area contributed by atoms with Gasteiger partial charge in [0.1, 0.15) is 0 Å². The second kappa shape index (κ2) is 7.19. The number of nitrogens with zero attached hydrogens (tertiary/aromatic N) is 1. The van der Waals surface area contributed by atoms with Gasteiger partial charge in [-0.05, 0) is 31.9 Å². The zero-order valence-electron chi connectivity index (χ0n) is 15.0. The number of amides is 1. The predicted molar refractivity (Wildman–Crippen MR) is 102 cm³/mol. The highest BCUT2D eigenvalue weighted by atomic mass is 16.5. The molecule has 0 spiro atoms. The molecule has 1 amide bonds. The van der Waals surface area contributed by atoms with Crippen molar-refractivity contribution in [1.82, 2.24) is 10.3 Å². The summed E-state index contributed by atoms with van der Waals surface area (Å²) in [4.78, 5) is 30.1. The second-order valence-corrected chi connectivity index (χ2v) is 6.81. The topological polar surface area (TPSA) is 68.3 Å². The van der Waals surface area contributed by atoms with Gasteiger partial charge in [0.05, 0.1) is 11.1 Å². The third-order valence-electron chi connectivity index (χ3n) is 4.55. The number of carbonyl (C=O) groups excluding carboxylic acids is 2. The first-order valence-corrected chi connectivity index (χ1v) is 9.04. The molecule has 0 aliphatic heterocycles. The zero-order valence-corrected chi connectivity index (χ0v) is 15.0. The number of aryl methyl sites for hydroxylation is 1. The van der Waals surface area contributed by atoms with Crippen molar-refractivity contribution in [3.05, 3.63) is 77.5 Å². The number of nitrogens with one attached hydrogen (secondary N) is 1. The Bertz CT molecular complexity index is 997. The van der Waals surface area contributed by atoms with Crippen LogP contribution < -0.4 is 5.32 Å². The third kappa shape index (κ3) is 3.82. The van der Waals surface area contributed by atoms with Gasteiger partial charge in [0, 0.05) is 22.7 Å². The molecule has 1 heterocycles. The molecule has 1 aliphatic rings. The van der Waals surface area contributed by atoms with Crippen LogP contribution in [0.3, 0.4) is 0 Å². The minimum atomic E-state index is -0.980. The Morgan fingerprint density at radius 2 is 1.78 bits per heavy atom. The Labute approximate surface area is 157 Å². The molecule has 4 rings (SSSR count). The van der Waals surface area contributed by atoms with E-state index in [1.54, 1.807) is 18.2 Å². The standard InChI is InChI=1S/C22H20N2O3/c1-14-13-18(17-9-5-6-10-19(17)23-14)22(26)27-20(15-7-3-2-4-8-15)21(25)24-16-11-12-16/h2-10,13,16,20H,11-12H2,1H3,(H,24,25). The molecule has 1 fully saturated rings. The summed E-state index contributed by atoms with van der Waals surface area (Å²) in [5, 5.41) is 3.64. The molecule has 1 N–H and O–H groups in total. The van der Waals surface area contributed by atoms with Crippen LogP contribution in [0.4, 0.5) is 0 Å². The molecule has 27 heavy (non-hydrogen) atoms. The van der Waals surface area contributed by atoms with E-state index in [1.165, 1.54) is 0 Å². The minimum Gasteiger partial charge on any atom is -0.444 e. The van der Waals surface area contributed by atoms with Gasteiger partial charge in [-0.15, -0.1) is 0 Å². The van der Waals surface area contributed by atoms with Crippen LogP contribution in [0.5, 0.6) is 0 Å². The van der Waals surface area contributed by atoms with Crippen LogP contribution in [-0.2, 0) is 9.53 Å². The van der Waals surface area contributed by atoms with Crippen LogP contribution >= 0.6 is 0 Å². The zero-order chi connectivity index (χ0) is 18.8. The molecule has 0 saturated heterocycles. The molecule has 1 aromatic heterocycles. The number of pyridine rings is 1. The van der Waals surface area contributed by atoms with Crippen LogP contribution in [0.25, 0.3) is 10.9 Å². The number of aromatic nitrogens is 1. The van der Waals surface area contributed by atoms with Crippen molar-refractivity contribution >= 4 is 22.8 Å². The van der Waals surface area contributed by atoms with E-state index >= 15 is 0 Å². The molecular formula is C22H20N2O3. The van der Waals surface area contributed by atoms with Crippen LogP contribution in [0.15, 0.2) is 60.7 Å². The average Bonchev–Trinajstić information content (AvgIpc) is 3.49. The summed E-state index contributed by atoms with van der Waals surface area (Å²) in [6, 6.07) is 18.4. The normalized spacial score (nSPS) is 14.6. The fourth-order valence-corrected chi connectivity index (χ4v) is 3.05. The molecule has 3 aromatic rings. The average molecular weight is 360 g/mol. The number of hydrogen-bond acceptors (Lipinski definition) is 4. The van der Waals surface area contributed by atoms with Crippen LogP contribution in [0.2, 0.25) is 0 Å². The van der Waals surface area contributed by atoms with E-state index in [2.05, 4.69) is 10.3 Å². The summed E-state index contributed by atoms with van der Waals surface area (Å²) in [5.74, 6) is -0.816. The molecule has 136 valence electrons. The largest absolute Gasteiger partial charge is 0.444 e. The van der Waals surface area contributed by atoms with Crippen molar-refractivity contribution in [2.75, 3.05) is 0 Å². The first-order valence-electron chi connectivity index (χ1n) is 9.04. The lowest BCUT2D eigenvalue weighted by Crippen LogP contribution is -2.33. The summed E-state index contributed by atoms with van der Waals surface area (Å²) in [6.45, 7) is 1.83. The second-order valence-electron chi connectivity index (χ2n) is 6.81. The fraction of sp³-hybridized carbons (Fsp3) is 0.227. The Morgan fingerprint density at radius 1 is 1.07 bits per heavy atom. The molecule has 5 nitrogen and oxygen atoms in total. The van der Waals surface area contributed by atoms with E-state index in [0.29, 0.717) is 16.5 Å². The minimum absolute atomic E-state index is 0.186. The number of ether oxygens (including phenoxy) is 1. The predicted octanol–water partition coefficient (Wildman–Crippen LogP) is 3.72. The Kier molecular flexibility index (Phi) is 4.59. The van der Waals surface area contributed by atoms with Gasteiger partial charge in [-0.1, -0.05) is 48.5 Å². The van der Waals surface area contributed by atoms with Crippen molar-refractivity contribution in [3.8, 4) is 0 Å². The lowest BCUT2D eigenvalue weighted by atomic mass is 10.1. The molecular weight excluding hydrogens is 340 g/mol. The molecule has 1 unspecified atom stereocenters. The first-order chi connectivity index (χ1) is 13.1. The first kappa shape index (κ1) is 17.2. The highest BCUT2D eigenvalue weighted by Crippen LogP contribution is 2.26. The lowest BCUT2D eigenvalue weighted by Gasteiger charge is -2.18. The number of esters is 1. The van der Waals surface area contributed by atoms with Crippen molar-refractivity contribution in [3.63, 3.8) is 0 Å². The van der Waals surface area contributed by atoms with Gasteiger partial charge in [0.25, 0.3) is 5.91 Å². The number of rotatable bonds is 5. The van der Waals surface area contributed by atoms with Gasteiger partial charge >= 0.3 is 5.97 Å². The molecule has 1 saturated carbocycles. The summed E-state index contributed by atoms with van der Waals surface area (Å²) in [5.41, 5.74) is 2.51. The molecule has 5 heteroatoms. The maximum absolute atomic E-state index is 13.0. The lowest BCUT2D eigenvalue weighted by molar-refractivity contribution is -0.130. The summed E-state index contributed by atoms with van der Waals surface area (Å²) in [7, 11) is 0. The van der Waals surface area contributed by atoms with E-state index in [1.807, 2.05) is 49.4 Å². The molecule has 1 atom stereocenters. The van der Waals surface area contributed by atoms with Gasteiger partial charge in [-0.25, -0.2) is 4.79 Å². The van der Waals surface area contributed by atoms with Gasteiger partial charge in [0.2, 0.25) is 6.10 Å². The highest BCUT2D eigenvalue weighted by Gasteiger charge is 2.31. The van der Waals surface area contributed by atoms with Crippen molar-refractivity contribution < 1.29 is 14.3 Å². The highest BCUT2D eigenvalue weighted by molar-refractivity contribution is 6.04. The quantitative estimate of drug-likeness (QED) is 0.704. The third-order valence-corrected chi connectivity index (χ3v) is 4.55.